The molecule has 0 aliphatic carbocycles. The minimum absolute atomic E-state index is 0.214. The number of fused-ring (bicyclic) bond motifs is 1. The molecule has 23 heavy (non-hydrogen) atoms. The zero-order valence-electron chi connectivity index (χ0n) is 12.9. The van der Waals surface area contributed by atoms with Gasteiger partial charge in [-0.3, -0.25) is 4.90 Å². The molecule has 2 aromatic rings. The number of cyclic esters (lactones) is 1. The van der Waals surface area contributed by atoms with Gasteiger partial charge in [0.1, 0.15) is 6.61 Å². The molecule has 0 spiro atoms. The summed E-state index contributed by atoms with van der Waals surface area (Å²) in [6.45, 7) is 4.48. The van der Waals surface area contributed by atoms with E-state index in [9.17, 15) is 4.79 Å². The zero-order valence-corrected chi connectivity index (χ0v) is 12.9. The molecule has 1 amide bonds. The second-order valence-electron chi connectivity index (χ2n) is 5.93. The monoisotopic (exact) mass is 314 g/mol. The van der Waals surface area contributed by atoms with Crippen molar-refractivity contribution in [3.63, 3.8) is 0 Å². The van der Waals surface area contributed by atoms with Gasteiger partial charge in [0, 0.05) is 19.6 Å². The predicted molar refractivity (Wildman–Crippen MR) is 82.4 cm³/mol. The van der Waals surface area contributed by atoms with E-state index in [1.807, 2.05) is 35.2 Å². The molecule has 0 radical (unpaired) electrons. The molecular weight excluding hydrogens is 296 g/mol. The standard InChI is InChI=1S/C15H18N6O2/c1-2-15-10-19(8-9-20(15)14(22)23-11-15)13-16-17-18-21(13)12-6-4-3-5-7-12/h3-7H,2,8-11H2,1H3. The van der Waals surface area contributed by atoms with Gasteiger partial charge in [0.25, 0.3) is 5.95 Å². The molecule has 1 aromatic carbocycles. The van der Waals surface area contributed by atoms with E-state index in [1.165, 1.54) is 0 Å². The number of piperazine rings is 1. The van der Waals surface area contributed by atoms with Crippen LogP contribution in [0.4, 0.5) is 10.7 Å². The fourth-order valence-electron chi connectivity index (χ4n) is 3.35. The number of rotatable bonds is 3. The molecule has 1 unspecified atom stereocenters. The van der Waals surface area contributed by atoms with Gasteiger partial charge in [-0.15, -0.1) is 0 Å². The Morgan fingerprint density at radius 3 is 2.87 bits per heavy atom. The van der Waals surface area contributed by atoms with Crippen molar-refractivity contribution in [3.05, 3.63) is 30.3 Å². The van der Waals surface area contributed by atoms with Gasteiger partial charge in [0.05, 0.1) is 11.2 Å². The molecule has 1 atom stereocenters. The maximum absolute atomic E-state index is 11.9. The summed E-state index contributed by atoms with van der Waals surface area (Å²) in [5, 5.41) is 12.1. The zero-order chi connectivity index (χ0) is 15.9. The van der Waals surface area contributed by atoms with Gasteiger partial charge in [-0.1, -0.05) is 30.2 Å². The van der Waals surface area contributed by atoms with Crippen molar-refractivity contribution >= 4 is 12.0 Å². The molecular formula is C15H18N6O2. The highest BCUT2D eigenvalue weighted by atomic mass is 16.6. The largest absolute Gasteiger partial charge is 0.447 e. The lowest BCUT2D eigenvalue weighted by Gasteiger charge is -2.44. The fourth-order valence-corrected chi connectivity index (χ4v) is 3.35. The van der Waals surface area contributed by atoms with E-state index in [4.69, 9.17) is 4.74 Å². The minimum atomic E-state index is -0.289. The first kappa shape index (κ1) is 14.0. The summed E-state index contributed by atoms with van der Waals surface area (Å²) in [5.74, 6) is 0.697. The number of aromatic nitrogens is 4. The molecule has 1 aromatic heterocycles. The Balaban J connectivity index is 1.66. The van der Waals surface area contributed by atoms with Gasteiger partial charge >= 0.3 is 6.09 Å². The number of hydrogen-bond donors (Lipinski definition) is 0. The molecule has 2 fully saturated rings. The summed E-state index contributed by atoms with van der Waals surface area (Å²) < 4.78 is 7.01. The van der Waals surface area contributed by atoms with Gasteiger partial charge < -0.3 is 9.64 Å². The number of hydrogen-bond acceptors (Lipinski definition) is 6. The number of amides is 1. The van der Waals surface area contributed by atoms with Crippen molar-refractivity contribution in [1.29, 1.82) is 0 Å². The molecule has 0 bridgehead atoms. The summed E-state index contributed by atoms with van der Waals surface area (Å²) in [6, 6.07) is 9.80. The van der Waals surface area contributed by atoms with Gasteiger partial charge in [-0.2, -0.15) is 4.68 Å². The van der Waals surface area contributed by atoms with Crippen LogP contribution in [0.15, 0.2) is 30.3 Å². The van der Waals surface area contributed by atoms with Crippen LogP contribution in [0.3, 0.4) is 0 Å². The van der Waals surface area contributed by atoms with Crippen molar-refractivity contribution in [3.8, 4) is 5.69 Å². The maximum atomic E-state index is 11.9. The van der Waals surface area contributed by atoms with Crippen molar-refractivity contribution in [2.45, 2.75) is 18.9 Å². The van der Waals surface area contributed by atoms with Gasteiger partial charge in [-0.05, 0) is 29.0 Å². The van der Waals surface area contributed by atoms with Crippen LogP contribution in [0.5, 0.6) is 0 Å². The molecule has 0 saturated carbocycles. The number of para-hydroxylation sites is 1. The Bertz CT molecular complexity index is 718. The van der Waals surface area contributed by atoms with Crippen LogP contribution in [-0.4, -0.2) is 63.0 Å². The summed E-state index contributed by atoms with van der Waals surface area (Å²) >= 11 is 0. The Hall–Kier alpha value is -2.64. The topological polar surface area (TPSA) is 76.4 Å². The Kier molecular flexibility index (Phi) is 3.17. The SMILES string of the molecule is CCC12COC(=O)N1CCN(c1nnnn1-c1ccccc1)C2. The van der Waals surface area contributed by atoms with Gasteiger partial charge in [0.2, 0.25) is 0 Å². The summed E-state index contributed by atoms with van der Waals surface area (Å²) in [4.78, 5) is 15.9. The summed E-state index contributed by atoms with van der Waals surface area (Å²) in [6.07, 6.45) is 0.622. The first-order chi connectivity index (χ1) is 11.2. The molecule has 8 nitrogen and oxygen atoms in total. The molecule has 120 valence electrons. The maximum Gasteiger partial charge on any atom is 0.410 e. The van der Waals surface area contributed by atoms with Crippen LogP contribution in [0.2, 0.25) is 0 Å². The highest BCUT2D eigenvalue weighted by Crippen LogP contribution is 2.33. The molecule has 2 saturated heterocycles. The molecule has 3 heterocycles. The Morgan fingerprint density at radius 1 is 1.26 bits per heavy atom. The number of benzene rings is 1. The van der Waals surface area contributed by atoms with Gasteiger partial charge in [-0.25, -0.2) is 4.79 Å². The molecule has 2 aliphatic heterocycles. The average molecular weight is 314 g/mol. The molecule has 8 heteroatoms. The molecule has 0 N–H and O–H groups in total. The predicted octanol–water partition coefficient (Wildman–Crippen LogP) is 1.08. The van der Waals surface area contributed by atoms with Crippen molar-refractivity contribution in [1.82, 2.24) is 25.1 Å². The normalized spacial score (nSPS) is 23.8. The smallest absolute Gasteiger partial charge is 0.410 e. The van der Waals surface area contributed by atoms with E-state index >= 15 is 0 Å². The Labute approximate surface area is 133 Å². The number of ether oxygens (including phenoxy) is 1. The first-order valence-corrected chi connectivity index (χ1v) is 7.77. The van der Waals surface area contributed by atoms with E-state index in [0.717, 1.165) is 12.1 Å². The second kappa shape index (κ2) is 5.22. The third-order valence-electron chi connectivity index (χ3n) is 4.73. The number of carbonyl (C=O) groups excluding carboxylic acids is 1. The lowest BCUT2D eigenvalue weighted by atomic mass is 9.93. The van der Waals surface area contributed by atoms with E-state index in [0.29, 0.717) is 32.2 Å². The molecule has 4 rings (SSSR count). The number of nitrogens with zero attached hydrogens (tertiary/aromatic N) is 6. The molecule has 2 aliphatic rings. The number of anilines is 1. The summed E-state index contributed by atoms with van der Waals surface area (Å²) in [5.41, 5.74) is 0.627. The van der Waals surface area contributed by atoms with Gasteiger partial charge in [0.15, 0.2) is 0 Å². The van der Waals surface area contributed by atoms with Crippen LogP contribution in [-0.2, 0) is 4.74 Å². The third kappa shape index (κ3) is 2.13. The second-order valence-corrected chi connectivity index (χ2v) is 5.93. The van der Waals surface area contributed by atoms with Crippen LogP contribution in [0.25, 0.3) is 5.69 Å². The fraction of sp³-hybridized carbons (Fsp3) is 0.467. The third-order valence-corrected chi connectivity index (χ3v) is 4.73. The average Bonchev–Trinajstić information content (AvgIpc) is 3.21. The van der Waals surface area contributed by atoms with E-state index in [1.54, 1.807) is 4.68 Å². The van der Waals surface area contributed by atoms with Crippen LogP contribution in [0.1, 0.15) is 13.3 Å². The van der Waals surface area contributed by atoms with Crippen molar-refractivity contribution < 1.29 is 9.53 Å². The van der Waals surface area contributed by atoms with E-state index in [2.05, 4.69) is 27.3 Å². The first-order valence-electron chi connectivity index (χ1n) is 7.77. The lowest BCUT2D eigenvalue weighted by molar-refractivity contribution is 0.137. The quantitative estimate of drug-likeness (QED) is 0.844. The van der Waals surface area contributed by atoms with Crippen molar-refractivity contribution in [2.75, 3.05) is 31.1 Å². The number of tetrazole rings is 1. The summed E-state index contributed by atoms with van der Waals surface area (Å²) in [7, 11) is 0. The van der Waals surface area contributed by atoms with Crippen LogP contribution in [0, 0.1) is 0 Å². The van der Waals surface area contributed by atoms with Crippen LogP contribution < -0.4 is 4.90 Å². The van der Waals surface area contributed by atoms with Crippen molar-refractivity contribution in [2.24, 2.45) is 0 Å². The highest BCUT2D eigenvalue weighted by molar-refractivity contribution is 5.72. The lowest BCUT2D eigenvalue weighted by Crippen LogP contribution is -2.61. The minimum Gasteiger partial charge on any atom is -0.447 e. The number of carbonyl (C=O) groups is 1. The van der Waals surface area contributed by atoms with Crippen LogP contribution >= 0.6 is 0 Å². The Morgan fingerprint density at radius 2 is 2.09 bits per heavy atom. The highest BCUT2D eigenvalue weighted by Gasteiger charge is 2.50. The van der Waals surface area contributed by atoms with E-state index < -0.39 is 0 Å². The van der Waals surface area contributed by atoms with E-state index in [-0.39, 0.29) is 11.6 Å².